The van der Waals surface area contributed by atoms with Crippen molar-refractivity contribution in [3.8, 4) is 5.75 Å². The van der Waals surface area contributed by atoms with Crippen LogP contribution in [0.25, 0.3) is 0 Å². The minimum absolute atomic E-state index is 0.0510. The Morgan fingerprint density at radius 2 is 2.05 bits per heavy atom. The molecule has 0 aliphatic heterocycles. The van der Waals surface area contributed by atoms with Crippen molar-refractivity contribution in [3.63, 3.8) is 0 Å². The Labute approximate surface area is 119 Å². The van der Waals surface area contributed by atoms with E-state index in [1.165, 1.54) is 12.1 Å². The molecule has 20 heavy (non-hydrogen) atoms. The van der Waals surface area contributed by atoms with E-state index in [4.69, 9.17) is 4.74 Å². The number of hydrogen-bond donors (Lipinski definition) is 2. The van der Waals surface area contributed by atoms with Crippen LogP contribution in [0.15, 0.2) is 18.2 Å². The van der Waals surface area contributed by atoms with E-state index in [-0.39, 0.29) is 36.8 Å². The van der Waals surface area contributed by atoms with E-state index >= 15 is 0 Å². The maximum absolute atomic E-state index is 13.3. The monoisotopic (exact) mass is 282 g/mol. The minimum Gasteiger partial charge on any atom is -0.493 e. The first-order valence-electron chi connectivity index (χ1n) is 6.83. The highest BCUT2D eigenvalue weighted by molar-refractivity contribution is 5.76. The van der Waals surface area contributed by atoms with Crippen LogP contribution in [0.4, 0.5) is 4.39 Å². The molecule has 0 saturated heterocycles. The van der Waals surface area contributed by atoms with Gasteiger partial charge < -0.3 is 15.4 Å². The molecule has 0 aromatic heterocycles. The number of hydrogen-bond acceptors (Lipinski definition) is 3. The van der Waals surface area contributed by atoms with Crippen molar-refractivity contribution in [3.05, 3.63) is 29.6 Å². The predicted octanol–water partition coefficient (Wildman–Crippen LogP) is 2.40. The van der Waals surface area contributed by atoms with Gasteiger partial charge in [-0.1, -0.05) is 6.07 Å². The molecule has 0 aliphatic carbocycles. The number of carbonyl (C=O) groups excluding carboxylic acids is 1. The van der Waals surface area contributed by atoms with Crippen LogP contribution < -0.4 is 15.4 Å². The van der Waals surface area contributed by atoms with Crippen LogP contribution in [0.2, 0.25) is 0 Å². The highest BCUT2D eigenvalue weighted by atomic mass is 19.1. The maximum atomic E-state index is 13.3. The van der Waals surface area contributed by atoms with Crippen molar-refractivity contribution in [2.24, 2.45) is 0 Å². The average Bonchev–Trinajstić information content (AvgIpc) is 2.37. The molecule has 4 nitrogen and oxygen atoms in total. The second-order valence-corrected chi connectivity index (χ2v) is 5.01. The predicted molar refractivity (Wildman–Crippen MR) is 77.3 cm³/mol. The molecule has 1 aromatic carbocycles. The number of amides is 1. The van der Waals surface area contributed by atoms with E-state index in [2.05, 4.69) is 10.6 Å². The Bertz CT molecular complexity index is 449. The lowest BCUT2D eigenvalue weighted by atomic mass is 10.1. The lowest BCUT2D eigenvalue weighted by Gasteiger charge is -2.16. The summed E-state index contributed by atoms with van der Waals surface area (Å²) in [7, 11) is 1.83. The van der Waals surface area contributed by atoms with Gasteiger partial charge in [-0.15, -0.1) is 0 Å². The zero-order valence-electron chi connectivity index (χ0n) is 12.5. The number of carbonyl (C=O) groups is 1. The second-order valence-electron chi connectivity index (χ2n) is 5.01. The summed E-state index contributed by atoms with van der Waals surface area (Å²) in [6.07, 6.45) is 0.252. The van der Waals surface area contributed by atoms with Gasteiger partial charge in [0, 0.05) is 23.7 Å². The molecule has 0 heterocycles. The van der Waals surface area contributed by atoms with Gasteiger partial charge in [0.05, 0.1) is 13.0 Å². The molecule has 0 aliphatic rings. The topological polar surface area (TPSA) is 50.4 Å². The van der Waals surface area contributed by atoms with E-state index < -0.39 is 0 Å². The Morgan fingerprint density at radius 3 is 2.65 bits per heavy atom. The van der Waals surface area contributed by atoms with Crippen LogP contribution in [0.5, 0.6) is 5.75 Å². The van der Waals surface area contributed by atoms with E-state index in [1.807, 2.05) is 27.8 Å². The molecule has 1 rings (SSSR count). The first-order chi connectivity index (χ1) is 9.43. The third kappa shape index (κ3) is 5.17. The molecule has 5 heteroatoms. The van der Waals surface area contributed by atoms with Gasteiger partial charge in [0.2, 0.25) is 5.91 Å². The number of halogens is 1. The smallest absolute Gasteiger partial charge is 0.223 e. The molecule has 1 aromatic rings. The van der Waals surface area contributed by atoms with Crippen molar-refractivity contribution in [1.29, 1.82) is 0 Å². The summed E-state index contributed by atoms with van der Waals surface area (Å²) in [5.74, 6) is 0.0579. The first-order valence-corrected chi connectivity index (χ1v) is 6.83. The molecule has 1 amide bonds. The highest BCUT2D eigenvalue weighted by Crippen LogP contribution is 2.26. The van der Waals surface area contributed by atoms with E-state index in [9.17, 15) is 9.18 Å². The first kappa shape index (κ1) is 16.4. The maximum Gasteiger partial charge on any atom is 0.223 e. The van der Waals surface area contributed by atoms with Gasteiger partial charge in [-0.05, 0) is 33.9 Å². The van der Waals surface area contributed by atoms with Gasteiger partial charge in [0.25, 0.3) is 0 Å². The molecule has 0 saturated carbocycles. The Balaban J connectivity index is 2.62. The summed E-state index contributed by atoms with van der Waals surface area (Å²) in [4.78, 5) is 11.5. The summed E-state index contributed by atoms with van der Waals surface area (Å²) in [6.45, 7) is 5.99. The van der Waals surface area contributed by atoms with Crippen molar-refractivity contribution in [2.75, 3.05) is 13.7 Å². The summed E-state index contributed by atoms with van der Waals surface area (Å²) >= 11 is 0. The van der Waals surface area contributed by atoms with Crippen LogP contribution in [0, 0.1) is 5.82 Å². The number of benzene rings is 1. The van der Waals surface area contributed by atoms with Crippen LogP contribution in [-0.2, 0) is 4.79 Å². The fourth-order valence-electron chi connectivity index (χ4n) is 1.79. The van der Waals surface area contributed by atoms with Gasteiger partial charge in [-0.25, -0.2) is 4.39 Å². The van der Waals surface area contributed by atoms with Crippen LogP contribution in [-0.4, -0.2) is 25.6 Å². The Kier molecular flexibility index (Phi) is 6.45. The van der Waals surface area contributed by atoms with Gasteiger partial charge in [0.15, 0.2) is 0 Å². The molecule has 0 spiro atoms. The van der Waals surface area contributed by atoms with Crippen LogP contribution >= 0.6 is 0 Å². The standard InChI is InChI=1S/C15H23FN2O2/c1-10(2)18-15(19)7-8-20-14-9-12(16)5-6-13(14)11(3)17-4/h5-6,9-11,17H,7-8H2,1-4H3,(H,18,19). The highest BCUT2D eigenvalue weighted by Gasteiger charge is 2.12. The van der Waals surface area contributed by atoms with Crippen LogP contribution in [0.3, 0.4) is 0 Å². The zero-order valence-corrected chi connectivity index (χ0v) is 12.5. The van der Waals surface area contributed by atoms with Gasteiger partial charge in [-0.3, -0.25) is 4.79 Å². The van der Waals surface area contributed by atoms with Crippen molar-refractivity contribution < 1.29 is 13.9 Å². The summed E-state index contributed by atoms with van der Waals surface area (Å²) < 4.78 is 18.8. The Morgan fingerprint density at radius 1 is 1.35 bits per heavy atom. The molecule has 0 fully saturated rings. The number of rotatable bonds is 7. The fraction of sp³-hybridized carbons (Fsp3) is 0.533. The third-order valence-corrected chi connectivity index (χ3v) is 2.91. The summed E-state index contributed by atoms with van der Waals surface area (Å²) in [6, 6.07) is 4.61. The summed E-state index contributed by atoms with van der Waals surface area (Å²) in [5, 5.41) is 5.87. The normalized spacial score (nSPS) is 12.3. The molecular weight excluding hydrogens is 259 g/mol. The van der Waals surface area contributed by atoms with Gasteiger partial charge in [-0.2, -0.15) is 0 Å². The molecule has 0 bridgehead atoms. The van der Waals surface area contributed by atoms with Crippen molar-refractivity contribution in [1.82, 2.24) is 10.6 Å². The fourth-order valence-corrected chi connectivity index (χ4v) is 1.79. The third-order valence-electron chi connectivity index (χ3n) is 2.91. The summed E-state index contributed by atoms with van der Waals surface area (Å²) in [5.41, 5.74) is 0.873. The van der Waals surface area contributed by atoms with Crippen molar-refractivity contribution in [2.45, 2.75) is 39.3 Å². The van der Waals surface area contributed by atoms with Gasteiger partial charge >= 0.3 is 0 Å². The van der Waals surface area contributed by atoms with Crippen LogP contribution in [0.1, 0.15) is 38.8 Å². The number of ether oxygens (including phenoxy) is 1. The number of nitrogens with one attached hydrogen (secondary N) is 2. The lowest BCUT2D eigenvalue weighted by molar-refractivity contribution is -0.122. The largest absolute Gasteiger partial charge is 0.493 e. The minimum atomic E-state index is -0.348. The molecule has 0 radical (unpaired) electrons. The van der Waals surface area contributed by atoms with Gasteiger partial charge in [0.1, 0.15) is 11.6 Å². The van der Waals surface area contributed by atoms with E-state index in [1.54, 1.807) is 6.07 Å². The SMILES string of the molecule is CNC(C)c1ccc(F)cc1OCCC(=O)NC(C)C. The zero-order chi connectivity index (χ0) is 15.1. The molecule has 2 N–H and O–H groups in total. The van der Waals surface area contributed by atoms with Crippen molar-refractivity contribution >= 4 is 5.91 Å². The molecular formula is C15H23FN2O2. The second kappa shape index (κ2) is 7.85. The Hall–Kier alpha value is -1.62. The molecule has 112 valence electrons. The molecule has 1 atom stereocenters. The molecule has 1 unspecified atom stereocenters. The quantitative estimate of drug-likeness (QED) is 0.807. The van der Waals surface area contributed by atoms with E-state index in [0.29, 0.717) is 5.75 Å². The van der Waals surface area contributed by atoms with E-state index in [0.717, 1.165) is 5.56 Å². The average molecular weight is 282 g/mol. The lowest BCUT2D eigenvalue weighted by Crippen LogP contribution is -2.31.